The van der Waals surface area contributed by atoms with Gasteiger partial charge in [0.2, 0.25) is 11.1 Å². The van der Waals surface area contributed by atoms with E-state index in [1.165, 1.54) is 22.9 Å². The molecule has 1 amide bonds. The Morgan fingerprint density at radius 3 is 2.06 bits per heavy atom. The second-order valence-electron chi connectivity index (χ2n) is 7.82. The summed E-state index contributed by atoms with van der Waals surface area (Å²) in [5.41, 5.74) is 7.30. The zero-order valence-electron chi connectivity index (χ0n) is 18.6. The number of carbonyl (C=O) groups is 1. The van der Waals surface area contributed by atoms with Crippen molar-refractivity contribution in [2.75, 3.05) is 11.1 Å². The first-order valence-corrected chi connectivity index (χ1v) is 11.8. The second kappa shape index (κ2) is 10.1. The van der Waals surface area contributed by atoms with E-state index in [1.807, 2.05) is 81.4 Å². The lowest BCUT2D eigenvalue weighted by Gasteiger charge is -2.10. The number of halogens is 1. The molecule has 1 heterocycles. The maximum atomic E-state index is 12.4. The highest BCUT2D eigenvalue weighted by molar-refractivity contribution is 7.99. The molecule has 1 aromatic heterocycles. The Morgan fingerprint density at radius 1 is 0.848 bits per heavy atom. The largest absolute Gasteiger partial charge is 0.325 e. The molecule has 0 unspecified atom stereocenters. The molecule has 0 atom stereocenters. The SMILES string of the molecule is Cc1ccc(-c2nnc(SCC(=O)Nc3ccc(C)c(Cl)c3)nc2-c2ccc(C)cc2)cc1. The number of amides is 1. The number of nitrogens with zero attached hydrogens (tertiary/aromatic N) is 3. The topological polar surface area (TPSA) is 67.8 Å². The molecule has 1 N–H and O–H groups in total. The molecule has 166 valence electrons. The van der Waals surface area contributed by atoms with E-state index in [9.17, 15) is 4.79 Å². The fourth-order valence-electron chi connectivity index (χ4n) is 3.19. The number of thioether (sulfide) groups is 1. The van der Waals surface area contributed by atoms with Crippen molar-refractivity contribution in [3.05, 3.63) is 88.4 Å². The van der Waals surface area contributed by atoms with Gasteiger partial charge in [0.05, 0.1) is 5.75 Å². The van der Waals surface area contributed by atoms with Crippen molar-refractivity contribution in [2.45, 2.75) is 25.9 Å². The number of hydrogen-bond donors (Lipinski definition) is 1. The molecule has 4 rings (SSSR count). The number of rotatable bonds is 6. The average molecular weight is 475 g/mol. The summed E-state index contributed by atoms with van der Waals surface area (Å²) in [6.07, 6.45) is 0. The zero-order chi connectivity index (χ0) is 23.4. The predicted octanol–water partition coefficient (Wildman–Crippen LogP) is 6.52. The lowest BCUT2D eigenvalue weighted by atomic mass is 10.0. The van der Waals surface area contributed by atoms with Crippen LogP contribution in [0.3, 0.4) is 0 Å². The Hall–Kier alpha value is -3.22. The van der Waals surface area contributed by atoms with Crippen LogP contribution in [0.2, 0.25) is 5.02 Å². The minimum Gasteiger partial charge on any atom is -0.325 e. The van der Waals surface area contributed by atoms with Crippen LogP contribution in [0.25, 0.3) is 22.5 Å². The van der Waals surface area contributed by atoms with Gasteiger partial charge in [-0.3, -0.25) is 4.79 Å². The van der Waals surface area contributed by atoms with Gasteiger partial charge in [0, 0.05) is 21.8 Å². The summed E-state index contributed by atoms with van der Waals surface area (Å²) < 4.78 is 0. The molecule has 0 bridgehead atoms. The number of aryl methyl sites for hydroxylation is 3. The molecule has 7 heteroatoms. The lowest BCUT2D eigenvalue weighted by molar-refractivity contribution is -0.113. The highest BCUT2D eigenvalue weighted by Gasteiger charge is 2.15. The Kier molecular flexibility index (Phi) is 7.06. The minimum atomic E-state index is -0.164. The quantitative estimate of drug-likeness (QED) is 0.322. The van der Waals surface area contributed by atoms with Gasteiger partial charge in [-0.25, -0.2) is 4.98 Å². The molecule has 0 radical (unpaired) electrons. The first kappa shape index (κ1) is 23.0. The molecule has 0 saturated carbocycles. The molecule has 0 aliphatic carbocycles. The maximum Gasteiger partial charge on any atom is 0.234 e. The van der Waals surface area contributed by atoms with Gasteiger partial charge in [-0.05, 0) is 38.5 Å². The van der Waals surface area contributed by atoms with Crippen molar-refractivity contribution in [3.63, 3.8) is 0 Å². The predicted molar refractivity (Wildman–Crippen MR) is 136 cm³/mol. The van der Waals surface area contributed by atoms with Crippen molar-refractivity contribution >= 4 is 35.0 Å². The highest BCUT2D eigenvalue weighted by atomic mass is 35.5. The molecular weight excluding hydrogens is 452 g/mol. The Labute approximate surface area is 202 Å². The van der Waals surface area contributed by atoms with E-state index in [2.05, 4.69) is 15.5 Å². The molecule has 0 saturated heterocycles. The number of carbonyl (C=O) groups excluding carboxylic acids is 1. The number of aromatic nitrogens is 3. The third-order valence-electron chi connectivity index (χ3n) is 5.11. The number of nitrogens with one attached hydrogen (secondary N) is 1. The number of anilines is 1. The fourth-order valence-corrected chi connectivity index (χ4v) is 3.96. The van der Waals surface area contributed by atoms with Crippen molar-refractivity contribution < 1.29 is 4.79 Å². The lowest BCUT2D eigenvalue weighted by Crippen LogP contribution is -2.14. The van der Waals surface area contributed by atoms with Crippen LogP contribution in [-0.4, -0.2) is 26.8 Å². The number of benzene rings is 3. The molecule has 33 heavy (non-hydrogen) atoms. The van der Waals surface area contributed by atoms with E-state index in [0.717, 1.165) is 22.4 Å². The molecule has 0 aliphatic heterocycles. The van der Waals surface area contributed by atoms with Crippen LogP contribution in [0.15, 0.2) is 71.9 Å². The van der Waals surface area contributed by atoms with E-state index in [1.54, 1.807) is 6.07 Å². The monoisotopic (exact) mass is 474 g/mol. The average Bonchev–Trinajstić information content (AvgIpc) is 2.81. The molecule has 4 aromatic rings. The molecule has 3 aromatic carbocycles. The van der Waals surface area contributed by atoms with E-state index in [-0.39, 0.29) is 11.7 Å². The standard InChI is InChI=1S/C26H23ClN4OS/c1-16-4-9-19(10-5-16)24-25(20-11-6-17(2)7-12-20)30-31-26(29-24)33-15-23(32)28-21-13-8-18(3)22(27)14-21/h4-14H,15H2,1-3H3,(H,28,32). The van der Waals surface area contributed by atoms with Crippen LogP contribution in [0.4, 0.5) is 5.69 Å². The van der Waals surface area contributed by atoms with Gasteiger partial charge in [0.15, 0.2) is 0 Å². The van der Waals surface area contributed by atoms with E-state index >= 15 is 0 Å². The summed E-state index contributed by atoms with van der Waals surface area (Å²) in [6.45, 7) is 6.01. The van der Waals surface area contributed by atoms with Crippen molar-refractivity contribution in [2.24, 2.45) is 0 Å². The van der Waals surface area contributed by atoms with Crippen LogP contribution >= 0.6 is 23.4 Å². The third kappa shape index (κ3) is 5.78. The summed E-state index contributed by atoms with van der Waals surface area (Å²) >= 11 is 7.39. The zero-order valence-corrected chi connectivity index (χ0v) is 20.2. The van der Waals surface area contributed by atoms with Gasteiger partial charge in [0.25, 0.3) is 0 Å². The van der Waals surface area contributed by atoms with Gasteiger partial charge in [0.1, 0.15) is 11.4 Å². The first-order valence-electron chi connectivity index (χ1n) is 10.5. The van der Waals surface area contributed by atoms with Crippen molar-refractivity contribution in [3.8, 4) is 22.5 Å². The maximum absolute atomic E-state index is 12.4. The molecule has 5 nitrogen and oxygen atoms in total. The van der Waals surface area contributed by atoms with E-state index in [4.69, 9.17) is 16.6 Å². The smallest absolute Gasteiger partial charge is 0.234 e. The summed E-state index contributed by atoms with van der Waals surface area (Å²) in [5, 5.41) is 12.7. The molecule has 0 aliphatic rings. The fraction of sp³-hybridized carbons (Fsp3) is 0.154. The van der Waals surface area contributed by atoms with E-state index < -0.39 is 0 Å². The van der Waals surface area contributed by atoms with Gasteiger partial charge in [-0.1, -0.05) is 89.1 Å². The summed E-state index contributed by atoms with van der Waals surface area (Å²) in [6, 6.07) is 21.7. The second-order valence-corrected chi connectivity index (χ2v) is 9.17. The van der Waals surface area contributed by atoms with Crippen LogP contribution in [0.1, 0.15) is 16.7 Å². The van der Waals surface area contributed by atoms with Gasteiger partial charge < -0.3 is 5.32 Å². The van der Waals surface area contributed by atoms with Crippen LogP contribution in [0, 0.1) is 20.8 Å². The highest BCUT2D eigenvalue weighted by Crippen LogP contribution is 2.30. The Bertz CT molecular complexity index is 1290. The van der Waals surface area contributed by atoms with Crippen LogP contribution in [-0.2, 0) is 4.79 Å². The summed E-state index contributed by atoms with van der Waals surface area (Å²) in [4.78, 5) is 17.2. The minimum absolute atomic E-state index is 0.157. The first-order chi connectivity index (χ1) is 15.9. The van der Waals surface area contributed by atoms with E-state index in [0.29, 0.717) is 21.6 Å². The third-order valence-corrected chi connectivity index (χ3v) is 6.35. The van der Waals surface area contributed by atoms with Crippen molar-refractivity contribution in [1.29, 1.82) is 0 Å². The van der Waals surface area contributed by atoms with Gasteiger partial charge in [-0.15, -0.1) is 10.2 Å². The number of hydrogen-bond acceptors (Lipinski definition) is 5. The van der Waals surface area contributed by atoms with Gasteiger partial charge in [-0.2, -0.15) is 0 Å². The van der Waals surface area contributed by atoms with Gasteiger partial charge >= 0.3 is 0 Å². The van der Waals surface area contributed by atoms with Crippen LogP contribution < -0.4 is 5.32 Å². The van der Waals surface area contributed by atoms with Crippen LogP contribution in [0.5, 0.6) is 0 Å². The molecule has 0 spiro atoms. The molecule has 0 fully saturated rings. The Morgan fingerprint density at radius 2 is 1.45 bits per heavy atom. The molecular formula is C26H23ClN4OS. The van der Waals surface area contributed by atoms with Crippen molar-refractivity contribution in [1.82, 2.24) is 15.2 Å². The summed E-state index contributed by atoms with van der Waals surface area (Å²) in [7, 11) is 0. The normalized spacial score (nSPS) is 10.8. The summed E-state index contributed by atoms with van der Waals surface area (Å²) in [5.74, 6) is -0.00674. The Balaban J connectivity index is 1.56.